The minimum Gasteiger partial charge on any atom is -0.394 e. The monoisotopic (exact) mass is 283 g/mol. The van der Waals surface area contributed by atoms with E-state index in [2.05, 4.69) is 5.32 Å². The molecule has 0 radical (unpaired) electrons. The molecule has 0 aliphatic carbocycles. The Morgan fingerprint density at radius 2 is 1.71 bits per heavy atom. The van der Waals surface area contributed by atoms with Crippen LogP contribution in [0.2, 0.25) is 0 Å². The van der Waals surface area contributed by atoms with Gasteiger partial charge in [0.05, 0.1) is 19.1 Å². The SMILES string of the molecule is Cc1ccc(CC(=O)N[C@H](CO)Cc2ccccc2)cc1. The van der Waals surface area contributed by atoms with E-state index in [0.29, 0.717) is 12.8 Å². The molecule has 0 saturated carbocycles. The summed E-state index contributed by atoms with van der Waals surface area (Å²) in [7, 11) is 0. The summed E-state index contributed by atoms with van der Waals surface area (Å²) < 4.78 is 0. The molecule has 2 aromatic carbocycles. The van der Waals surface area contributed by atoms with Crippen LogP contribution in [-0.2, 0) is 17.6 Å². The van der Waals surface area contributed by atoms with E-state index in [9.17, 15) is 9.90 Å². The normalized spacial score (nSPS) is 11.9. The summed E-state index contributed by atoms with van der Waals surface area (Å²) in [5.74, 6) is -0.0613. The second kappa shape index (κ2) is 7.60. The summed E-state index contributed by atoms with van der Waals surface area (Å²) in [6.07, 6.45) is 0.975. The van der Waals surface area contributed by atoms with Crippen LogP contribution in [0.15, 0.2) is 54.6 Å². The average molecular weight is 283 g/mol. The topological polar surface area (TPSA) is 49.3 Å². The van der Waals surface area contributed by atoms with E-state index in [1.54, 1.807) is 0 Å². The lowest BCUT2D eigenvalue weighted by atomic mass is 10.1. The highest BCUT2D eigenvalue weighted by atomic mass is 16.3. The molecule has 21 heavy (non-hydrogen) atoms. The number of aliphatic hydroxyl groups excluding tert-OH is 1. The Kier molecular flexibility index (Phi) is 5.52. The van der Waals surface area contributed by atoms with Gasteiger partial charge in [-0.25, -0.2) is 0 Å². The van der Waals surface area contributed by atoms with Crippen LogP contribution in [0.25, 0.3) is 0 Å². The molecule has 3 heteroatoms. The molecule has 0 saturated heterocycles. The number of carbonyl (C=O) groups is 1. The van der Waals surface area contributed by atoms with Crippen molar-refractivity contribution in [1.29, 1.82) is 0 Å². The third-order valence-electron chi connectivity index (χ3n) is 3.40. The fourth-order valence-electron chi connectivity index (χ4n) is 2.23. The molecule has 2 aromatic rings. The lowest BCUT2D eigenvalue weighted by Gasteiger charge is -2.16. The van der Waals surface area contributed by atoms with Gasteiger partial charge in [-0.15, -0.1) is 0 Å². The lowest BCUT2D eigenvalue weighted by Crippen LogP contribution is -2.39. The maximum absolute atomic E-state index is 12.0. The highest BCUT2D eigenvalue weighted by Gasteiger charge is 2.12. The number of rotatable bonds is 6. The summed E-state index contributed by atoms with van der Waals surface area (Å²) in [4.78, 5) is 12.0. The summed E-state index contributed by atoms with van der Waals surface area (Å²) in [5.41, 5.74) is 3.26. The third kappa shape index (κ3) is 5.04. The number of aryl methyl sites for hydroxylation is 1. The van der Waals surface area contributed by atoms with Crippen LogP contribution in [0.1, 0.15) is 16.7 Å². The zero-order valence-electron chi connectivity index (χ0n) is 12.3. The summed E-state index contributed by atoms with van der Waals surface area (Å²) in [5, 5.41) is 12.3. The highest BCUT2D eigenvalue weighted by Crippen LogP contribution is 2.06. The van der Waals surface area contributed by atoms with Gasteiger partial charge in [-0.1, -0.05) is 60.2 Å². The van der Waals surface area contributed by atoms with Crippen molar-refractivity contribution in [2.45, 2.75) is 25.8 Å². The van der Waals surface area contributed by atoms with E-state index < -0.39 is 0 Å². The summed E-state index contributed by atoms with van der Waals surface area (Å²) in [6.45, 7) is 1.96. The van der Waals surface area contributed by atoms with Crippen molar-refractivity contribution in [2.75, 3.05) is 6.61 Å². The van der Waals surface area contributed by atoms with Crippen LogP contribution in [0.3, 0.4) is 0 Å². The maximum atomic E-state index is 12.0. The first-order valence-electron chi connectivity index (χ1n) is 7.17. The largest absolute Gasteiger partial charge is 0.394 e. The molecule has 0 aromatic heterocycles. The number of benzene rings is 2. The number of aliphatic hydroxyl groups is 1. The van der Waals surface area contributed by atoms with E-state index in [0.717, 1.165) is 11.1 Å². The van der Waals surface area contributed by atoms with Gasteiger partial charge in [0.1, 0.15) is 0 Å². The smallest absolute Gasteiger partial charge is 0.224 e. The number of hydrogen-bond donors (Lipinski definition) is 2. The Bertz CT molecular complexity index is 564. The Morgan fingerprint density at radius 1 is 1.05 bits per heavy atom. The standard InChI is InChI=1S/C18H21NO2/c1-14-7-9-16(10-8-14)12-18(21)19-17(13-20)11-15-5-3-2-4-6-15/h2-10,17,20H,11-13H2,1H3,(H,19,21)/t17-/m0/s1. The molecule has 0 aliphatic rings. The summed E-state index contributed by atoms with van der Waals surface area (Å²) >= 11 is 0. The van der Waals surface area contributed by atoms with Crippen LogP contribution in [-0.4, -0.2) is 23.7 Å². The zero-order chi connectivity index (χ0) is 15.1. The van der Waals surface area contributed by atoms with Gasteiger partial charge in [-0.2, -0.15) is 0 Å². The van der Waals surface area contributed by atoms with Crippen LogP contribution >= 0.6 is 0 Å². The Balaban J connectivity index is 1.89. The molecule has 0 unspecified atom stereocenters. The molecule has 0 bridgehead atoms. The van der Waals surface area contributed by atoms with Gasteiger partial charge in [0.25, 0.3) is 0 Å². The van der Waals surface area contributed by atoms with Crippen molar-refractivity contribution in [1.82, 2.24) is 5.32 Å². The fraction of sp³-hybridized carbons (Fsp3) is 0.278. The molecule has 110 valence electrons. The van der Waals surface area contributed by atoms with Crippen molar-refractivity contribution in [3.63, 3.8) is 0 Å². The quantitative estimate of drug-likeness (QED) is 0.854. The molecular formula is C18H21NO2. The van der Waals surface area contributed by atoms with E-state index >= 15 is 0 Å². The van der Waals surface area contributed by atoms with Gasteiger partial charge >= 0.3 is 0 Å². The van der Waals surface area contributed by atoms with Crippen LogP contribution in [0.5, 0.6) is 0 Å². The van der Waals surface area contributed by atoms with E-state index in [1.165, 1.54) is 5.56 Å². The molecule has 0 aliphatic heterocycles. The van der Waals surface area contributed by atoms with Crippen molar-refractivity contribution >= 4 is 5.91 Å². The average Bonchev–Trinajstić information content (AvgIpc) is 2.50. The third-order valence-corrected chi connectivity index (χ3v) is 3.40. The van der Waals surface area contributed by atoms with E-state index in [1.807, 2.05) is 61.5 Å². The van der Waals surface area contributed by atoms with E-state index in [-0.39, 0.29) is 18.6 Å². The van der Waals surface area contributed by atoms with E-state index in [4.69, 9.17) is 0 Å². The first kappa shape index (κ1) is 15.3. The van der Waals surface area contributed by atoms with Crippen LogP contribution in [0.4, 0.5) is 0 Å². The molecular weight excluding hydrogens is 262 g/mol. The second-order valence-corrected chi connectivity index (χ2v) is 5.30. The molecule has 2 N–H and O–H groups in total. The minimum atomic E-state index is -0.245. The zero-order valence-corrected chi connectivity index (χ0v) is 12.3. The number of nitrogens with one attached hydrogen (secondary N) is 1. The van der Waals surface area contributed by atoms with Gasteiger partial charge in [0.2, 0.25) is 5.91 Å². The van der Waals surface area contributed by atoms with Crippen molar-refractivity contribution in [2.24, 2.45) is 0 Å². The molecule has 0 spiro atoms. The second-order valence-electron chi connectivity index (χ2n) is 5.30. The number of carbonyl (C=O) groups excluding carboxylic acids is 1. The van der Waals surface area contributed by atoms with Gasteiger partial charge in [0, 0.05) is 0 Å². The molecule has 3 nitrogen and oxygen atoms in total. The van der Waals surface area contributed by atoms with Crippen molar-refractivity contribution in [3.05, 3.63) is 71.3 Å². The van der Waals surface area contributed by atoms with Crippen molar-refractivity contribution in [3.8, 4) is 0 Å². The van der Waals surface area contributed by atoms with Crippen LogP contribution < -0.4 is 5.32 Å². The minimum absolute atomic E-state index is 0.0610. The van der Waals surface area contributed by atoms with Crippen molar-refractivity contribution < 1.29 is 9.90 Å². The summed E-state index contributed by atoms with van der Waals surface area (Å²) in [6, 6.07) is 17.5. The molecule has 0 heterocycles. The Hall–Kier alpha value is -2.13. The molecule has 0 fully saturated rings. The molecule has 1 amide bonds. The molecule has 1 atom stereocenters. The lowest BCUT2D eigenvalue weighted by molar-refractivity contribution is -0.121. The predicted molar refractivity (Wildman–Crippen MR) is 84.0 cm³/mol. The first-order valence-corrected chi connectivity index (χ1v) is 7.17. The first-order chi connectivity index (χ1) is 10.2. The number of amides is 1. The van der Waals surface area contributed by atoms with Gasteiger partial charge in [-0.05, 0) is 24.5 Å². The Morgan fingerprint density at radius 3 is 2.33 bits per heavy atom. The van der Waals surface area contributed by atoms with Crippen LogP contribution in [0, 0.1) is 6.92 Å². The van der Waals surface area contributed by atoms with Gasteiger partial charge < -0.3 is 10.4 Å². The van der Waals surface area contributed by atoms with Gasteiger partial charge in [-0.3, -0.25) is 4.79 Å². The predicted octanol–water partition coefficient (Wildman–Crippen LogP) is 2.26. The molecule has 2 rings (SSSR count). The van der Waals surface area contributed by atoms with Gasteiger partial charge in [0.15, 0.2) is 0 Å². The highest BCUT2D eigenvalue weighted by molar-refractivity contribution is 5.78. The maximum Gasteiger partial charge on any atom is 0.224 e. The Labute approximate surface area is 125 Å². The number of hydrogen-bond acceptors (Lipinski definition) is 2. The fourth-order valence-corrected chi connectivity index (χ4v) is 2.23.